The highest BCUT2D eigenvalue weighted by Crippen LogP contribution is 1.90. The van der Waals surface area contributed by atoms with Gasteiger partial charge in [0.2, 0.25) is 6.41 Å². The number of amides is 1. The Kier molecular flexibility index (Phi) is 5.17. The average Bonchev–Trinajstić information content (AvgIpc) is 1.89. The molecule has 0 aliphatic rings. The maximum absolute atomic E-state index is 11.4. The molecule has 0 heterocycles. The lowest BCUT2D eigenvalue weighted by Crippen LogP contribution is -2.16. The van der Waals surface area contributed by atoms with Gasteiger partial charge >= 0.3 is 0 Å². The highest BCUT2D eigenvalue weighted by molar-refractivity contribution is 5.46. The Labute approximate surface area is 54.7 Å². The van der Waals surface area contributed by atoms with Crippen molar-refractivity contribution in [2.75, 3.05) is 20.3 Å². The molecular formula is C6H12FNO. The van der Waals surface area contributed by atoms with Gasteiger partial charge in [0, 0.05) is 13.6 Å². The topological polar surface area (TPSA) is 20.3 Å². The minimum atomic E-state index is -0.285. The van der Waals surface area contributed by atoms with Crippen LogP contribution in [0.25, 0.3) is 0 Å². The lowest BCUT2D eigenvalue weighted by atomic mass is 10.3. The van der Waals surface area contributed by atoms with Gasteiger partial charge in [-0.2, -0.15) is 0 Å². The molecule has 0 aliphatic heterocycles. The Morgan fingerprint density at radius 3 is 2.67 bits per heavy atom. The largest absolute Gasteiger partial charge is 0.348 e. The van der Waals surface area contributed by atoms with Crippen molar-refractivity contribution in [1.29, 1.82) is 0 Å². The lowest BCUT2D eigenvalue weighted by molar-refractivity contribution is -0.117. The van der Waals surface area contributed by atoms with Crippen LogP contribution in [0.5, 0.6) is 0 Å². The fourth-order valence-corrected chi connectivity index (χ4v) is 0.508. The molecule has 9 heavy (non-hydrogen) atoms. The first-order valence-electron chi connectivity index (χ1n) is 3.02. The SMILES string of the molecule is CN(C=O)CCCCF. The Hall–Kier alpha value is -0.600. The van der Waals surface area contributed by atoms with E-state index >= 15 is 0 Å². The minimum absolute atomic E-state index is 0.285. The Morgan fingerprint density at radius 2 is 2.22 bits per heavy atom. The molecule has 3 heteroatoms. The van der Waals surface area contributed by atoms with E-state index in [2.05, 4.69) is 0 Å². The molecule has 0 unspecified atom stereocenters. The van der Waals surface area contributed by atoms with Crippen molar-refractivity contribution < 1.29 is 9.18 Å². The second-order valence-electron chi connectivity index (χ2n) is 1.98. The molecule has 0 atom stereocenters. The summed E-state index contributed by atoms with van der Waals surface area (Å²) >= 11 is 0. The van der Waals surface area contributed by atoms with Crippen LogP contribution >= 0.6 is 0 Å². The summed E-state index contributed by atoms with van der Waals surface area (Å²) in [4.78, 5) is 11.4. The third-order valence-electron chi connectivity index (χ3n) is 1.07. The number of carbonyl (C=O) groups excluding carboxylic acids is 1. The molecule has 0 rings (SSSR count). The van der Waals surface area contributed by atoms with Crippen LogP contribution in [-0.2, 0) is 4.79 Å². The number of hydrogen-bond acceptors (Lipinski definition) is 1. The van der Waals surface area contributed by atoms with Crippen LogP contribution in [0.4, 0.5) is 4.39 Å². The first kappa shape index (κ1) is 8.40. The molecule has 54 valence electrons. The van der Waals surface area contributed by atoms with E-state index in [0.29, 0.717) is 13.0 Å². The summed E-state index contributed by atoms with van der Waals surface area (Å²) in [6, 6.07) is 0. The van der Waals surface area contributed by atoms with E-state index in [0.717, 1.165) is 12.8 Å². The third-order valence-corrected chi connectivity index (χ3v) is 1.07. The molecule has 0 fully saturated rings. The smallest absolute Gasteiger partial charge is 0.209 e. The molecule has 2 nitrogen and oxygen atoms in total. The molecule has 0 radical (unpaired) electrons. The second kappa shape index (κ2) is 5.54. The molecule has 0 aromatic carbocycles. The van der Waals surface area contributed by atoms with E-state index in [4.69, 9.17) is 0 Å². The molecule has 0 N–H and O–H groups in total. The molecule has 1 amide bonds. The van der Waals surface area contributed by atoms with Crippen molar-refractivity contribution in [3.8, 4) is 0 Å². The number of halogens is 1. The van der Waals surface area contributed by atoms with Crippen LogP contribution in [0.1, 0.15) is 12.8 Å². The first-order valence-corrected chi connectivity index (χ1v) is 3.02. The highest BCUT2D eigenvalue weighted by atomic mass is 19.1. The number of alkyl halides is 1. The molecule has 0 spiro atoms. The van der Waals surface area contributed by atoms with Crippen LogP contribution in [-0.4, -0.2) is 31.6 Å². The number of nitrogens with zero attached hydrogens (tertiary/aromatic N) is 1. The molecule has 0 bridgehead atoms. The van der Waals surface area contributed by atoms with Crippen LogP contribution < -0.4 is 0 Å². The van der Waals surface area contributed by atoms with E-state index in [1.807, 2.05) is 0 Å². The Bertz CT molecular complexity index is 77.5. The van der Waals surface area contributed by atoms with Gasteiger partial charge in [-0.15, -0.1) is 0 Å². The fraction of sp³-hybridized carbons (Fsp3) is 0.833. The fourth-order valence-electron chi connectivity index (χ4n) is 0.508. The third kappa shape index (κ3) is 5.27. The summed E-state index contributed by atoms with van der Waals surface area (Å²) < 4.78 is 11.4. The summed E-state index contributed by atoms with van der Waals surface area (Å²) in [5.41, 5.74) is 0. The number of carbonyl (C=O) groups is 1. The van der Waals surface area contributed by atoms with Crippen molar-refractivity contribution in [2.45, 2.75) is 12.8 Å². The molecule has 0 saturated heterocycles. The predicted octanol–water partition coefficient (Wildman–Crippen LogP) is 0.824. The zero-order chi connectivity index (χ0) is 7.11. The van der Waals surface area contributed by atoms with Crippen LogP contribution in [0.15, 0.2) is 0 Å². The molecule has 0 aliphatic carbocycles. The van der Waals surface area contributed by atoms with Crippen LogP contribution in [0.2, 0.25) is 0 Å². The van der Waals surface area contributed by atoms with Gasteiger partial charge < -0.3 is 4.90 Å². The van der Waals surface area contributed by atoms with Gasteiger partial charge in [0.1, 0.15) is 0 Å². The predicted molar refractivity (Wildman–Crippen MR) is 33.9 cm³/mol. The summed E-state index contributed by atoms with van der Waals surface area (Å²) in [5.74, 6) is 0. The molecule has 0 saturated carbocycles. The molecule has 0 aromatic heterocycles. The summed E-state index contributed by atoms with van der Waals surface area (Å²) in [5, 5.41) is 0. The van der Waals surface area contributed by atoms with Gasteiger partial charge in [-0.25, -0.2) is 0 Å². The first-order chi connectivity index (χ1) is 4.31. The summed E-state index contributed by atoms with van der Waals surface area (Å²) in [6.07, 6.45) is 2.06. The maximum atomic E-state index is 11.4. The van der Waals surface area contributed by atoms with Crippen molar-refractivity contribution in [3.63, 3.8) is 0 Å². The van der Waals surface area contributed by atoms with Crippen LogP contribution in [0.3, 0.4) is 0 Å². The Balaban J connectivity index is 2.96. The van der Waals surface area contributed by atoms with Gasteiger partial charge in [0.25, 0.3) is 0 Å². The Morgan fingerprint density at radius 1 is 1.56 bits per heavy atom. The standard InChI is InChI=1S/C6H12FNO/c1-8(6-9)5-3-2-4-7/h6H,2-5H2,1H3. The van der Waals surface area contributed by atoms with E-state index < -0.39 is 0 Å². The van der Waals surface area contributed by atoms with Crippen molar-refractivity contribution >= 4 is 6.41 Å². The average molecular weight is 133 g/mol. The van der Waals surface area contributed by atoms with Crippen molar-refractivity contribution in [3.05, 3.63) is 0 Å². The van der Waals surface area contributed by atoms with E-state index in [1.165, 1.54) is 4.90 Å². The molecular weight excluding hydrogens is 121 g/mol. The van der Waals surface area contributed by atoms with Crippen LogP contribution in [0, 0.1) is 0 Å². The second-order valence-corrected chi connectivity index (χ2v) is 1.98. The van der Waals surface area contributed by atoms with Gasteiger partial charge in [-0.3, -0.25) is 9.18 Å². The monoisotopic (exact) mass is 133 g/mol. The number of unbranched alkanes of at least 4 members (excludes halogenated alkanes) is 1. The number of hydrogen-bond donors (Lipinski definition) is 0. The summed E-state index contributed by atoms with van der Waals surface area (Å²) in [6.45, 7) is 0.375. The zero-order valence-corrected chi connectivity index (χ0v) is 5.64. The maximum Gasteiger partial charge on any atom is 0.209 e. The van der Waals surface area contributed by atoms with Crippen molar-refractivity contribution in [2.24, 2.45) is 0 Å². The van der Waals surface area contributed by atoms with Gasteiger partial charge in [-0.1, -0.05) is 0 Å². The quantitative estimate of drug-likeness (QED) is 0.401. The number of rotatable bonds is 5. The highest BCUT2D eigenvalue weighted by Gasteiger charge is 1.91. The normalized spacial score (nSPS) is 9.11. The van der Waals surface area contributed by atoms with E-state index in [1.54, 1.807) is 7.05 Å². The van der Waals surface area contributed by atoms with E-state index in [-0.39, 0.29) is 6.67 Å². The zero-order valence-electron chi connectivity index (χ0n) is 5.64. The van der Waals surface area contributed by atoms with E-state index in [9.17, 15) is 9.18 Å². The lowest BCUT2D eigenvalue weighted by Gasteiger charge is -2.07. The minimum Gasteiger partial charge on any atom is -0.348 e. The molecule has 0 aromatic rings. The van der Waals surface area contributed by atoms with Gasteiger partial charge in [-0.05, 0) is 12.8 Å². The van der Waals surface area contributed by atoms with Crippen molar-refractivity contribution in [1.82, 2.24) is 4.90 Å². The van der Waals surface area contributed by atoms with Gasteiger partial charge in [0.05, 0.1) is 6.67 Å². The summed E-state index contributed by atoms with van der Waals surface area (Å²) in [7, 11) is 1.69. The van der Waals surface area contributed by atoms with Gasteiger partial charge in [0.15, 0.2) is 0 Å².